The van der Waals surface area contributed by atoms with Gasteiger partial charge in [0.25, 0.3) is 0 Å². The van der Waals surface area contributed by atoms with Crippen LogP contribution in [0.2, 0.25) is 0 Å². The first-order valence-corrected chi connectivity index (χ1v) is 6.96. The first-order valence-electron chi connectivity index (χ1n) is 6.08. The minimum atomic E-state index is -0.251. The molecule has 0 radical (unpaired) electrons. The van der Waals surface area contributed by atoms with Gasteiger partial charge in [0, 0.05) is 6.04 Å². The lowest BCUT2D eigenvalue weighted by atomic mass is 10.2. The number of aromatic nitrogens is 2. The number of nitrogen functional groups attached to an aromatic ring is 1. The van der Waals surface area contributed by atoms with Gasteiger partial charge in [0.1, 0.15) is 11.6 Å². The lowest BCUT2D eigenvalue weighted by molar-refractivity contribution is 0.613. The molecule has 5 heteroatoms. The largest absolute Gasteiger partial charge is 0.390 e. The summed E-state index contributed by atoms with van der Waals surface area (Å²) in [6, 6.07) is 6.79. The zero-order chi connectivity index (χ0) is 13.6. The number of imidazole rings is 1. The van der Waals surface area contributed by atoms with Crippen molar-refractivity contribution in [3.05, 3.63) is 35.5 Å². The molecule has 0 saturated carbocycles. The summed E-state index contributed by atoms with van der Waals surface area (Å²) in [4.78, 5) is 4.60. The number of fused-ring (bicyclic) bond motifs is 1. The number of nitrogens with zero attached hydrogens (tertiary/aromatic N) is 2. The molecular formula is C14H14FN3S. The summed E-state index contributed by atoms with van der Waals surface area (Å²) in [7, 11) is 0. The fraction of sp³-hybridized carbons (Fsp3) is 0.214. The third-order valence-electron chi connectivity index (χ3n) is 3.10. The smallest absolute Gasteiger partial charge is 0.144 e. The van der Waals surface area contributed by atoms with Gasteiger partial charge in [-0.2, -0.15) is 0 Å². The third-order valence-corrected chi connectivity index (χ3v) is 3.85. The predicted octanol–water partition coefficient (Wildman–Crippen LogP) is 4.07. The van der Waals surface area contributed by atoms with E-state index in [1.165, 1.54) is 23.5 Å². The number of hydrogen-bond donors (Lipinski definition) is 1. The fourth-order valence-corrected chi connectivity index (χ4v) is 2.92. The predicted molar refractivity (Wildman–Crippen MR) is 77.8 cm³/mol. The number of halogens is 1. The number of anilines is 1. The van der Waals surface area contributed by atoms with E-state index in [0.717, 1.165) is 27.4 Å². The van der Waals surface area contributed by atoms with Gasteiger partial charge in [0.05, 0.1) is 21.6 Å². The molecular weight excluding hydrogens is 261 g/mol. The van der Waals surface area contributed by atoms with Gasteiger partial charge in [-0.25, -0.2) is 9.37 Å². The summed E-state index contributed by atoms with van der Waals surface area (Å²) >= 11 is 1.48. The normalized spacial score (nSPS) is 11.6. The minimum Gasteiger partial charge on any atom is -0.390 e. The number of rotatable bonds is 2. The maximum absolute atomic E-state index is 13.4. The highest BCUT2D eigenvalue weighted by atomic mass is 32.1. The molecule has 0 bridgehead atoms. The Morgan fingerprint density at radius 3 is 2.74 bits per heavy atom. The maximum Gasteiger partial charge on any atom is 0.144 e. The zero-order valence-corrected chi connectivity index (χ0v) is 11.5. The molecule has 0 spiro atoms. The van der Waals surface area contributed by atoms with E-state index in [-0.39, 0.29) is 11.9 Å². The lowest BCUT2D eigenvalue weighted by Crippen LogP contribution is -2.03. The quantitative estimate of drug-likeness (QED) is 0.766. The Kier molecular flexibility index (Phi) is 2.78. The first-order chi connectivity index (χ1) is 9.08. The van der Waals surface area contributed by atoms with Gasteiger partial charge in [-0.3, -0.25) is 0 Å². The van der Waals surface area contributed by atoms with Crippen LogP contribution in [0.1, 0.15) is 19.9 Å². The highest BCUT2D eigenvalue weighted by molar-refractivity contribution is 7.14. The molecule has 0 aliphatic carbocycles. The molecule has 0 aliphatic rings. The van der Waals surface area contributed by atoms with E-state index >= 15 is 0 Å². The Hall–Kier alpha value is -1.88. The minimum absolute atomic E-state index is 0.182. The number of benzene rings is 1. The standard InChI is InChI=1S/C14H14FN3S/c1-8(2)18-12-7-9(15)3-4-11(12)17-14(18)10-5-6-19-13(10)16/h3-8H,16H2,1-2H3. The molecule has 3 nitrogen and oxygen atoms in total. The van der Waals surface area contributed by atoms with Crippen LogP contribution >= 0.6 is 11.3 Å². The van der Waals surface area contributed by atoms with Gasteiger partial charge in [-0.15, -0.1) is 11.3 Å². The van der Waals surface area contributed by atoms with Gasteiger partial charge in [-0.05, 0) is 43.5 Å². The molecule has 0 saturated heterocycles. The summed E-state index contributed by atoms with van der Waals surface area (Å²) in [5, 5.41) is 2.67. The second-order valence-corrected chi connectivity index (χ2v) is 5.68. The average Bonchev–Trinajstić information content (AvgIpc) is 2.91. The molecule has 1 aromatic carbocycles. The van der Waals surface area contributed by atoms with Crippen LogP contribution in [0.4, 0.5) is 9.39 Å². The van der Waals surface area contributed by atoms with Crippen LogP contribution < -0.4 is 5.73 Å². The lowest BCUT2D eigenvalue weighted by Gasteiger charge is -2.12. The Labute approximate surface area is 114 Å². The molecule has 3 rings (SSSR count). The summed E-state index contributed by atoms with van der Waals surface area (Å²) < 4.78 is 15.5. The molecule has 0 amide bonds. The van der Waals surface area contributed by atoms with Crippen molar-refractivity contribution < 1.29 is 4.39 Å². The van der Waals surface area contributed by atoms with Gasteiger partial charge < -0.3 is 10.3 Å². The van der Waals surface area contributed by atoms with Crippen LogP contribution in [-0.4, -0.2) is 9.55 Å². The summed E-state index contributed by atoms with van der Waals surface area (Å²) in [6.07, 6.45) is 0. The Balaban J connectivity index is 2.36. The van der Waals surface area contributed by atoms with Gasteiger partial charge in [0.15, 0.2) is 0 Å². The number of nitrogens with two attached hydrogens (primary N) is 1. The fourth-order valence-electron chi connectivity index (χ4n) is 2.28. The molecule has 19 heavy (non-hydrogen) atoms. The summed E-state index contributed by atoms with van der Waals surface area (Å²) in [6.45, 7) is 4.11. The number of thiophene rings is 1. The first kappa shape index (κ1) is 12.2. The van der Waals surface area contributed by atoms with Crippen LogP contribution in [0.15, 0.2) is 29.6 Å². The highest BCUT2D eigenvalue weighted by Crippen LogP contribution is 2.34. The molecule has 2 N–H and O–H groups in total. The second-order valence-electron chi connectivity index (χ2n) is 4.73. The molecule has 2 heterocycles. The van der Waals surface area contributed by atoms with Crippen molar-refractivity contribution >= 4 is 27.4 Å². The van der Waals surface area contributed by atoms with Crippen molar-refractivity contribution in [3.8, 4) is 11.4 Å². The van der Waals surface area contributed by atoms with E-state index in [1.54, 1.807) is 6.07 Å². The third kappa shape index (κ3) is 1.90. The van der Waals surface area contributed by atoms with E-state index < -0.39 is 0 Å². The Bertz CT molecular complexity index is 742. The Morgan fingerprint density at radius 2 is 2.11 bits per heavy atom. The van der Waals surface area contributed by atoms with Crippen LogP contribution in [-0.2, 0) is 0 Å². The van der Waals surface area contributed by atoms with Crippen molar-refractivity contribution in [1.82, 2.24) is 9.55 Å². The van der Waals surface area contributed by atoms with E-state index in [1.807, 2.05) is 16.0 Å². The van der Waals surface area contributed by atoms with E-state index in [2.05, 4.69) is 18.8 Å². The zero-order valence-electron chi connectivity index (χ0n) is 10.7. The van der Waals surface area contributed by atoms with Crippen molar-refractivity contribution in [3.63, 3.8) is 0 Å². The average molecular weight is 275 g/mol. The van der Waals surface area contributed by atoms with E-state index in [9.17, 15) is 4.39 Å². The molecule has 3 aromatic rings. The monoisotopic (exact) mass is 275 g/mol. The van der Waals surface area contributed by atoms with Crippen LogP contribution in [0.3, 0.4) is 0 Å². The van der Waals surface area contributed by atoms with E-state index in [0.29, 0.717) is 0 Å². The van der Waals surface area contributed by atoms with Crippen molar-refractivity contribution in [1.29, 1.82) is 0 Å². The SMILES string of the molecule is CC(C)n1c(-c2ccsc2N)nc2ccc(F)cc21. The number of hydrogen-bond acceptors (Lipinski definition) is 3. The van der Waals surface area contributed by atoms with E-state index in [4.69, 9.17) is 5.73 Å². The topological polar surface area (TPSA) is 43.8 Å². The van der Waals surface area contributed by atoms with Crippen LogP contribution in [0.5, 0.6) is 0 Å². The molecule has 0 aliphatic heterocycles. The van der Waals surface area contributed by atoms with Crippen LogP contribution in [0.25, 0.3) is 22.4 Å². The van der Waals surface area contributed by atoms with Gasteiger partial charge in [0.2, 0.25) is 0 Å². The second kappa shape index (κ2) is 4.35. The molecule has 0 fully saturated rings. The van der Waals surface area contributed by atoms with Crippen molar-refractivity contribution in [2.45, 2.75) is 19.9 Å². The van der Waals surface area contributed by atoms with Gasteiger partial charge in [-0.1, -0.05) is 0 Å². The molecule has 2 aromatic heterocycles. The van der Waals surface area contributed by atoms with Crippen molar-refractivity contribution in [2.75, 3.05) is 5.73 Å². The Morgan fingerprint density at radius 1 is 1.32 bits per heavy atom. The molecule has 0 atom stereocenters. The summed E-state index contributed by atoms with van der Waals surface area (Å²) in [5.74, 6) is 0.550. The maximum atomic E-state index is 13.4. The molecule has 0 unspecified atom stereocenters. The molecule has 98 valence electrons. The van der Waals surface area contributed by atoms with Crippen molar-refractivity contribution in [2.24, 2.45) is 0 Å². The summed E-state index contributed by atoms with van der Waals surface area (Å²) in [5.41, 5.74) is 8.49. The van der Waals surface area contributed by atoms with Gasteiger partial charge >= 0.3 is 0 Å². The van der Waals surface area contributed by atoms with Crippen LogP contribution in [0, 0.1) is 5.82 Å². The highest BCUT2D eigenvalue weighted by Gasteiger charge is 2.17.